The minimum atomic E-state index is -0.0244. The summed E-state index contributed by atoms with van der Waals surface area (Å²) < 4.78 is 0. The van der Waals surface area contributed by atoms with E-state index in [1.807, 2.05) is 42.5 Å². The molecule has 2 nitrogen and oxygen atoms in total. The van der Waals surface area contributed by atoms with Crippen LogP contribution in [0.5, 0.6) is 0 Å². The summed E-state index contributed by atoms with van der Waals surface area (Å²) in [6.45, 7) is 4.26. The van der Waals surface area contributed by atoms with Crippen LogP contribution in [-0.2, 0) is 0 Å². The Kier molecular flexibility index (Phi) is 3.55. The number of hydrogen-bond acceptors (Lipinski definition) is 1. The molecule has 2 rings (SSSR count). The third-order valence-electron chi connectivity index (χ3n) is 2.67. The van der Waals surface area contributed by atoms with Crippen molar-refractivity contribution in [2.24, 2.45) is 0 Å². The van der Waals surface area contributed by atoms with E-state index in [9.17, 15) is 4.79 Å². The second-order valence-corrected chi connectivity index (χ2v) is 3.86. The van der Waals surface area contributed by atoms with Crippen molar-refractivity contribution in [3.63, 3.8) is 0 Å². The van der Waals surface area contributed by atoms with Gasteiger partial charge in [-0.1, -0.05) is 42.5 Å². The molecule has 0 spiro atoms. The molecule has 1 N–H and O–H groups in total. The van der Waals surface area contributed by atoms with Crippen molar-refractivity contribution in [3.05, 3.63) is 60.7 Å². The first-order valence-corrected chi connectivity index (χ1v) is 5.70. The van der Waals surface area contributed by atoms with Crippen molar-refractivity contribution >= 4 is 16.7 Å². The zero-order valence-electron chi connectivity index (χ0n) is 9.65. The van der Waals surface area contributed by atoms with Gasteiger partial charge in [0.1, 0.15) is 0 Å². The summed E-state index contributed by atoms with van der Waals surface area (Å²) in [7, 11) is 0. The summed E-state index contributed by atoms with van der Waals surface area (Å²) in [5.74, 6) is -0.0244. The fraction of sp³-hybridized carbons (Fsp3) is 0.133. The van der Waals surface area contributed by atoms with Crippen molar-refractivity contribution in [2.45, 2.75) is 6.42 Å². The summed E-state index contributed by atoms with van der Waals surface area (Å²) in [5.41, 5.74) is 0.729. The molecular weight excluding hydrogens is 210 g/mol. The van der Waals surface area contributed by atoms with Gasteiger partial charge in [0, 0.05) is 12.1 Å². The maximum absolute atomic E-state index is 12.0. The highest BCUT2D eigenvalue weighted by molar-refractivity contribution is 6.06. The third kappa shape index (κ3) is 2.53. The average molecular weight is 225 g/mol. The number of amides is 1. The van der Waals surface area contributed by atoms with Crippen LogP contribution in [0.15, 0.2) is 55.1 Å². The Morgan fingerprint density at radius 1 is 1.18 bits per heavy atom. The van der Waals surface area contributed by atoms with Gasteiger partial charge in [-0.15, -0.1) is 6.58 Å². The second kappa shape index (κ2) is 5.30. The van der Waals surface area contributed by atoms with Gasteiger partial charge in [-0.05, 0) is 23.3 Å². The van der Waals surface area contributed by atoms with Crippen LogP contribution in [0.2, 0.25) is 0 Å². The summed E-state index contributed by atoms with van der Waals surface area (Å²) >= 11 is 0. The molecule has 2 aromatic rings. The van der Waals surface area contributed by atoms with Crippen molar-refractivity contribution in [1.82, 2.24) is 5.32 Å². The monoisotopic (exact) mass is 225 g/mol. The first-order valence-electron chi connectivity index (χ1n) is 5.70. The van der Waals surface area contributed by atoms with Crippen LogP contribution in [0.25, 0.3) is 10.8 Å². The highest BCUT2D eigenvalue weighted by Gasteiger charge is 2.07. The molecular formula is C15H15NO. The Bertz CT molecular complexity index is 540. The second-order valence-electron chi connectivity index (χ2n) is 3.86. The Morgan fingerprint density at radius 2 is 1.94 bits per heavy atom. The molecule has 0 aliphatic carbocycles. The highest BCUT2D eigenvalue weighted by atomic mass is 16.1. The zero-order chi connectivity index (χ0) is 12.1. The predicted molar refractivity (Wildman–Crippen MR) is 71.1 cm³/mol. The fourth-order valence-corrected chi connectivity index (χ4v) is 1.81. The van der Waals surface area contributed by atoms with Gasteiger partial charge in [0.15, 0.2) is 0 Å². The third-order valence-corrected chi connectivity index (χ3v) is 2.67. The fourth-order valence-electron chi connectivity index (χ4n) is 1.81. The average Bonchev–Trinajstić information content (AvgIpc) is 2.38. The van der Waals surface area contributed by atoms with E-state index in [2.05, 4.69) is 11.9 Å². The van der Waals surface area contributed by atoms with Crippen LogP contribution in [0.4, 0.5) is 0 Å². The first kappa shape index (κ1) is 11.4. The Morgan fingerprint density at radius 3 is 2.76 bits per heavy atom. The van der Waals surface area contributed by atoms with Gasteiger partial charge in [0.05, 0.1) is 0 Å². The molecule has 17 heavy (non-hydrogen) atoms. The molecule has 0 saturated carbocycles. The largest absolute Gasteiger partial charge is 0.352 e. The molecule has 0 unspecified atom stereocenters. The van der Waals surface area contributed by atoms with Crippen LogP contribution in [-0.4, -0.2) is 12.5 Å². The number of rotatable bonds is 4. The van der Waals surface area contributed by atoms with Crippen LogP contribution in [0.1, 0.15) is 16.8 Å². The molecule has 0 radical (unpaired) electrons. The molecule has 1 amide bonds. The number of carbonyl (C=O) groups excluding carboxylic acids is 1. The van der Waals surface area contributed by atoms with E-state index in [4.69, 9.17) is 0 Å². The highest BCUT2D eigenvalue weighted by Crippen LogP contribution is 2.18. The summed E-state index contributed by atoms with van der Waals surface area (Å²) in [6, 6.07) is 13.7. The topological polar surface area (TPSA) is 29.1 Å². The minimum Gasteiger partial charge on any atom is -0.352 e. The van der Waals surface area contributed by atoms with Crippen LogP contribution in [0.3, 0.4) is 0 Å². The van der Waals surface area contributed by atoms with Gasteiger partial charge >= 0.3 is 0 Å². The molecule has 0 aliphatic heterocycles. The molecule has 0 aliphatic rings. The molecule has 0 heterocycles. The molecule has 0 saturated heterocycles. The molecule has 0 bridgehead atoms. The zero-order valence-corrected chi connectivity index (χ0v) is 9.65. The van der Waals surface area contributed by atoms with Gasteiger partial charge < -0.3 is 5.32 Å². The quantitative estimate of drug-likeness (QED) is 0.628. The van der Waals surface area contributed by atoms with E-state index in [0.717, 1.165) is 22.8 Å². The standard InChI is InChI=1S/C15H15NO/c1-2-3-11-16-15(17)14-10-6-8-12-7-4-5-9-13(12)14/h2,4-10H,1,3,11H2,(H,16,17). The lowest BCUT2D eigenvalue weighted by atomic mass is 10.0. The van der Waals surface area contributed by atoms with E-state index in [0.29, 0.717) is 6.54 Å². The van der Waals surface area contributed by atoms with Crippen molar-refractivity contribution in [3.8, 4) is 0 Å². The van der Waals surface area contributed by atoms with E-state index >= 15 is 0 Å². The number of hydrogen-bond donors (Lipinski definition) is 1. The van der Waals surface area contributed by atoms with Crippen LogP contribution in [0, 0.1) is 0 Å². The van der Waals surface area contributed by atoms with Gasteiger partial charge in [0.25, 0.3) is 5.91 Å². The summed E-state index contributed by atoms with van der Waals surface area (Å²) in [4.78, 5) is 12.0. The lowest BCUT2D eigenvalue weighted by Crippen LogP contribution is -2.24. The van der Waals surface area contributed by atoms with Gasteiger partial charge in [0.2, 0.25) is 0 Å². The van der Waals surface area contributed by atoms with Crippen LogP contribution >= 0.6 is 0 Å². The molecule has 2 heteroatoms. The molecule has 0 atom stereocenters. The lowest BCUT2D eigenvalue weighted by Gasteiger charge is -2.06. The number of benzene rings is 2. The van der Waals surface area contributed by atoms with Crippen molar-refractivity contribution < 1.29 is 4.79 Å². The maximum Gasteiger partial charge on any atom is 0.251 e. The normalized spacial score (nSPS) is 10.1. The maximum atomic E-state index is 12.0. The SMILES string of the molecule is C=CCCNC(=O)c1cccc2ccccc12. The molecule has 2 aromatic carbocycles. The number of nitrogens with one attached hydrogen (secondary N) is 1. The van der Waals surface area contributed by atoms with Crippen LogP contribution < -0.4 is 5.32 Å². The van der Waals surface area contributed by atoms with Gasteiger partial charge in [-0.2, -0.15) is 0 Å². The minimum absolute atomic E-state index is 0.0244. The van der Waals surface area contributed by atoms with Crippen molar-refractivity contribution in [1.29, 1.82) is 0 Å². The summed E-state index contributed by atoms with van der Waals surface area (Å²) in [6.07, 6.45) is 2.58. The smallest absolute Gasteiger partial charge is 0.251 e. The molecule has 0 aromatic heterocycles. The van der Waals surface area contributed by atoms with E-state index in [1.165, 1.54) is 0 Å². The number of fused-ring (bicyclic) bond motifs is 1. The first-order chi connectivity index (χ1) is 8.33. The molecule has 0 fully saturated rings. The lowest BCUT2D eigenvalue weighted by molar-refractivity contribution is 0.0956. The van der Waals surface area contributed by atoms with E-state index in [-0.39, 0.29) is 5.91 Å². The van der Waals surface area contributed by atoms with Crippen molar-refractivity contribution in [2.75, 3.05) is 6.54 Å². The van der Waals surface area contributed by atoms with E-state index in [1.54, 1.807) is 6.08 Å². The predicted octanol–water partition coefficient (Wildman–Crippen LogP) is 3.15. The van der Waals surface area contributed by atoms with Gasteiger partial charge in [-0.3, -0.25) is 4.79 Å². The summed E-state index contributed by atoms with van der Waals surface area (Å²) in [5, 5.41) is 4.96. The Balaban J connectivity index is 2.28. The Labute approximate surface area is 101 Å². The Hall–Kier alpha value is -2.09. The number of carbonyl (C=O) groups is 1. The van der Waals surface area contributed by atoms with Gasteiger partial charge in [-0.25, -0.2) is 0 Å². The molecule has 86 valence electrons. The van der Waals surface area contributed by atoms with E-state index < -0.39 is 0 Å².